The van der Waals surface area contributed by atoms with Crippen LogP contribution < -0.4 is 0 Å². The maximum atomic E-state index is 10.2. The molecule has 0 aromatic heterocycles. The number of unbranched alkanes of at least 4 members (excludes halogenated alkanes) is 1. The zero-order chi connectivity index (χ0) is 9.52. The fourth-order valence-corrected chi connectivity index (χ4v) is 2.00. The van der Waals surface area contributed by atoms with Crippen LogP contribution in [0, 0.1) is 0 Å². The Hall–Kier alpha value is -0.220. The predicted octanol–water partition coefficient (Wildman–Crippen LogP) is 1.76. The van der Waals surface area contributed by atoms with Crippen molar-refractivity contribution in [2.75, 3.05) is 18.1 Å². The Bertz CT molecular complexity index is 157. The first-order chi connectivity index (χ1) is 6.29. The molecule has 0 saturated carbocycles. The summed E-state index contributed by atoms with van der Waals surface area (Å²) in [6, 6.07) is 0. The number of aliphatic carboxylic acids is 1. The van der Waals surface area contributed by atoms with Crippen molar-refractivity contribution in [1.82, 2.24) is 0 Å². The number of rotatable bonds is 8. The molecule has 0 aromatic rings. The van der Waals surface area contributed by atoms with Crippen molar-refractivity contribution in [3.05, 3.63) is 0 Å². The van der Waals surface area contributed by atoms with Gasteiger partial charge in [-0.05, 0) is 25.0 Å². The van der Waals surface area contributed by atoms with Crippen LogP contribution in [0.2, 0.25) is 0 Å². The minimum atomic E-state index is -0.695. The Morgan fingerprint density at radius 1 is 1.46 bits per heavy atom. The molecule has 1 heterocycles. The highest BCUT2D eigenvalue weighted by Crippen LogP contribution is 2.17. The molecule has 0 amide bonds. The van der Waals surface area contributed by atoms with E-state index in [2.05, 4.69) is 0 Å². The third kappa shape index (κ3) is 6.90. The lowest BCUT2D eigenvalue weighted by molar-refractivity contribution is -0.136. The highest BCUT2D eigenvalue weighted by atomic mass is 32.2. The molecular formula is C9H16O3S. The molecule has 1 rings (SSSR count). The Kier molecular flexibility index (Phi) is 5.23. The molecule has 0 aliphatic carbocycles. The van der Waals surface area contributed by atoms with Crippen molar-refractivity contribution in [3.63, 3.8) is 0 Å². The van der Waals surface area contributed by atoms with Crippen LogP contribution >= 0.6 is 11.8 Å². The molecule has 1 atom stereocenters. The predicted molar refractivity (Wildman–Crippen MR) is 53.2 cm³/mol. The smallest absolute Gasteiger partial charge is 0.304 e. The fraction of sp³-hybridized carbons (Fsp3) is 0.889. The minimum Gasteiger partial charge on any atom is -0.481 e. The number of carboxylic acids is 1. The number of ether oxygens (including phenoxy) is 1. The maximum absolute atomic E-state index is 10.2. The first kappa shape index (κ1) is 10.9. The van der Waals surface area contributed by atoms with Gasteiger partial charge in [-0.15, -0.1) is 0 Å². The number of thioether (sulfide) groups is 1. The van der Waals surface area contributed by atoms with Crippen molar-refractivity contribution < 1.29 is 14.6 Å². The topological polar surface area (TPSA) is 49.8 Å². The monoisotopic (exact) mass is 204 g/mol. The summed E-state index contributed by atoms with van der Waals surface area (Å²) in [5, 5.41) is 8.37. The van der Waals surface area contributed by atoms with Gasteiger partial charge < -0.3 is 9.84 Å². The molecular weight excluding hydrogens is 188 g/mol. The molecule has 1 saturated heterocycles. The van der Waals surface area contributed by atoms with Crippen LogP contribution in [-0.2, 0) is 9.53 Å². The number of carboxylic acid groups (broad SMARTS) is 1. The van der Waals surface area contributed by atoms with Crippen molar-refractivity contribution >= 4 is 17.7 Å². The van der Waals surface area contributed by atoms with Gasteiger partial charge in [0.15, 0.2) is 0 Å². The first-order valence-electron chi connectivity index (χ1n) is 4.70. The van der Waals surface area contributed by atoms with Crippen LogP contribution in [-0.4, -0.2) is 35.3 Å². The van der Waals surface area contributed by atoms with E-state index in [1.54, 1.807) is 11.8 Å². The fourth-order valence-electron chi connectivity index (χ4n) is 1.07. The van der Waals surface area contributed by atoms with Crippen molar-refractivity contribution in [2.24, 2.45) is 0 Å². The third-order valence-corrected chi connectivity index (χ3v) is 3.00. The second-order valence-corrected chi connectivity index (χ2v) is 4.43. The molecule has 4 heteroatoms. The van der Waals surface area contributed by atoms with Crippen LogP contribution in [0.5, 0.6) is 0 Å². The lowest BCUT2D eigenvalue weighted by atomic mass is 10.2. The summed E-state index contributed by atoms with van der Waals surface area (Å²) in [4.78, 5) is 10.2. The van der Waals surface area contributed by atoms with E-state index in [1.165, 1.54) is 19.3 Å². The van der Waals surface area contributed by atoms with E-state index in [9.17, 15) is 4.79 Å². The number of hydrogen-bond donors (Lipinski definition) is 1. The summed E-state index contributed by atoms with van der Waals surface area (Å²) in [7, 11) is 0. The van der Waals surface area contributed by atoms with Gasteiger partial charge in [0.2, 0.25) is 0 Å². The molecule has 0 radical (unpaired) electrons. The van der Waals surface area contributed by atoms with E-state index in [0.717, 1.165) is 18.1 Å². The van der Waals surface area contributed by atoms with E-state index < -0.39 is 5.97 Å². The summed E-state index contributed by atoms with van der Waals surface area (Å²) in [6.07, 6.45) is 4.41. The molecule has 0 spiro atoms. The van der Waals surface area contributed by atoms with Gasteiger partial charge in [0.25, 0.3) is 0 Å². The summed E-state index contributed by atoms with van der Waals surface area (Å²) in [5.41, 5.74) is 0. The molecule has 0 bridgehead atoms. The molecule has 1 fully saturated rings. The molecule has 1 aliphatic heterocycles. The van der Waals surface area contributed by atoms with Gasteiger partial charge in [-0.25, -0.2) is 0 Å². The van der Waals surface area contributed by atoms with Gasteiger partial charge in [-0.2, -0.15) is 11.8 Å². The third-order valence-electron chi connectivity index (χ3n) is 1.93. The van der Waals surface area contributed by atoms with E-state index >= 15 is 0 Å². The lowest BCUT2D eigenvalue weighted by Gasteiger charge is -1.98. The second kappa shape index (κ2) is 6.27. The average molecular weight is 204 g/mol. The second-order valence-electron chi connectivity index (χ2n) is 3.21. The Morgan fingerprint density at radius 3 is 2.85 bits per heavy atom. The molecule has 3 nitrogen and oxygen atoms in total. The standard InChI is InChI=1S/C9H16O3S/c10-9(11)4-6-13-5-2-1-3-8-7-12-8/h8H,1-7H2,(H,10,11). The van der Waals surface area contributed by atoms with Gasteiger partial charge in [-0.1, -0.05) is 0 Å². The zero-order valence-corrected chi connectivity index (χ0v) is 8.52. The SMILES string of the molecule is O=C(O)CCSCCCCC1CO1. The largest absolute Gasteiger partial charge is 0.481 e. The van der Waals surface area contributed by atoms with E-state index in [4.69, 9.17) is 9.84 Å². The minimum absolute atomic E-state index is 0.288. The van der Waals surface area contributed by atoms with Crippen LogP contribution in [0.4, 0.5) is 0 Å². The van der Waals surface area contributed by atoms with Gasteiger partial charge in [0, 0.05) is 5.75 Å². The summed E-state index contributed by atoms with van der Waals surface area (Å²) in [5.74, 6) is 1.13. The Morgan fingerprint density at radius 2 is 2.23 bits per heavy atom. The summed E-state index contributed by atoms with van der Waals surface area (Å²) >= 11 is 1.73. The van der Waals surface area contributed by atoms with Crippen molar-refractivity contribution in [1.29, 1.82) is 0 Å². The Labute approximate surface area is 82.8 Å². The molecule has 13 heavy (non-hydrogen) atoms. The first-order valence-corrected chi connectivity index (χ1v) is 5.85. The summed E-state index contributed by atoms with van der Waals surface area (Å²) < 4.78 is 5.08. The number of carbonyl (C=O) groups is 1. The normalized spacial score (nSPS) is 20.2. The van der Waals surface area contributed by atoms with Crippen LogP contribution in [0.15, 0.2) is 0 Å². The van der Waals surface area contributed by atoms with Gasteiger partial charge in [-0.3, -0.25) is 4.79 Å². The number of epoxide rings is 1. The highest BCUT2D eigenvalue weighted by Gasteiger charge is 2.20. The van der Waals surface area contributed by atoms with E-state index in [1.807, 2.05) is 0 Å². The quantitative estimate of drug-likeness (QED) is 0.483. The zero-order valence-electron chi connectivity index (χ0n) is 7.70. The van der Waals surface area contributed by atoms with Gasteiger partial charge in [0.1, 0.15) is 0 Å². The number of hydrogen-bond acceptors (Lipinski definition) is 3. The van der Waals surface area contributed by atoms with E-state index in [-0.39, 0.29) is 6.42 Å². The molecule has 1 unspecified atom stereocenters. The van der Waals surface area contributed by atoms with Crippen LogP contribution in [0.25, 0.3) is 0 Å². The highest BCUT2D eigenvalue weighted by molar-refractivity contribution is 7.99. The molecule has 76 valence electrons. The average Bonchev–Trinajstić information content (AvgIpc) is 2.86. The molecule has 0 aromatic carbocycles. The molecule has 1 aliphatic rings. The van der Waals surface area contributed by atoms with Crippen molar-refractivity contribution in [2.45, 2.75) is 31.8 Å². The maximum Gasteiger partial charge on any atom is 0.304 e. The van der Waals surface area contributed by atoms with Crippen molar-refractivity contribution in [3.8, 4) is 0 Å². The molecule has 1 N–H and O–H groups in total. The van der Waals surface area contributed by atoms with Gasteiger partial charge in [0.05, 0.1) is 19.1 Å². The van der Waals surface area contributed by atoms with E-state index in [0.29, 0.717) is 6.10 Å². The lowest BCUT2D eigenvalue weighted by Crippen LogP contribution is -1.96. The van der Waals surface area contributed by atoms with Crippen LogP contribution in [0.1, 0.15) is 25.7 Å². The summed E-state index contributed by atoms with van der Waals surface area (Å²) in [6.45, 7) is 0.951. The van der Waals surface area contributed by atoms with Gasteiger partial charge >= 0.3 is 5.97 Å². The Balaban J connectivity index is 1.70. The van der Waals surface area contributed by atoms with Crippen LogP contribution in [0.3, 0.4) is 0 Å².